The lowest BCUT2D eigenvalue weighted by atomic mass is 10.4. The van der Waals surface area contributed by atoms with E-state index < -0.39 is 0 Å². The van der Waals surface area contributed by atoms with Crippen LogP contribution < -0.4 is 16.2 Å². The Bertz CT molecular complexity index is 390. The van der Waals surface area contributed by atoms with Gasteiger partial charge in [0.15, 0.2) is 5.82 Å². The standard InChI is InChI=1S/C10H15N5O2/c1-3-4-13-15-10(17)8-5-12-9(6-11-8)14-7(2)16/h5-6,13H,3-4H2,1-2H3,(H,15,17)(H,12,14,16). The molecule has 7 heteroatoms. The average Bonchev–Trinajstić information content (AvgIpc) is 2.29. The second-order valence-electron chi connectivity index (χ2n) is 3.35. The molecule has 1 rings (SSSR count). The van der Waals surface area contributed by atoms with Crippen LogP contribution in [0.15, 0.2) is 12.4 Å². The zero-order valence-corrected chi connectivity index (χ0v) is 9.78. The molecule has 2 amide bonds. The fourth-order valence-corrected chi connectivity index (χ4v) is 1.02. The van der Waals surface area contributed by atoms with Crippen molar-refractivity contribution in [1.29, 1.82) is 0 Å². The van der Waals surface area contributed by atoms with Crippen LogP contribution in [0.2, 0.25) is 0 Å². The summed E-state index contributed by atoms with van der Waals surface area (Å²) >= 11 is 0. The Balaban J connectivity index is 2.54. The second-order valence-corrected chi connectivity index (χ2v) is 3.35. The molecule has 0 unspecified atom stereocenters. The highest BCUT2D eigenvalue weighted by atomic mass is 16.2. The lowest BCUT2D eigenvalue weighted by Crippen LogP contribution is -2.38. The zero-order valence-electron chi connectivity index (χ0n) is 9.78. The predicted molar refractivity (Wildman–Crippen MR) is 62.1 cm³/mol. The number of carbonyl (C=O) groups excluding carboxylic acids is 2. The third-order valence-corrected chi connectivity index (χ3v) is 1.77. The zero-order chi connectivity index (χ0) is 12.7. The molecule has 1 aromatic rings. The van der Waals surface area contributed by atoms with Crippen molar-refractivity contribution in [2.24, 2.45) is 0 Å². The quantitative estimate of drug-likeness (QED) is 0.498. The number of hydrogen-bond acceptors (Lipinski definition) is 5. The number of anilines is 1. The number of nitrogens with one attached hydrogen (secondary N) is 3. The Hall–Kier alpha value is -2.02. The van der Waals surface area contributed by atoms with E-state index in [9.17, 15) is 9.59 Å². The van der Waals surface area contributed by atoms with Gasteiger partial charge in [-0.15, -0.1) is 0 Å². The molecule has 0 radical (unpaired) electrons. The highest BCUT2D eigenvalue weighted by Gasteiger charge is 2.07. The molecule has 0 bridgehead atoms. The summed E-state index contributed by atoms with van der Waals surface area (Å²) in [6.07, 6.45) is 3.54. The summed E-state index contributed by atoms with van der Waals surface area (Å²) in [6, 6.07) is 0. The monoisotopic (exact) mass is 237 g/mol. The van der Waals surface area contributed by atoms with E-state index in [0.29, 0.717) is 12.4 Å². The van der Waals surface area contributed by atoms with Crippen LogP contribution >= 0.6 is 0 Å². The minimum absolute atomic E-state index is 0.183. The van der Waals surface area contributed by atoms with E-state index in [1.807, 2.05) is 6.92 Å². The van der Waals surface area contributed by atoms with Gasteiger partial charge in [-0.3, -0.25) is 15.0 Å². The van der Waals surface area contributed by atoms with Gasteiger partial charge in [-0.1, -0.05) is 6.92 Å². The SMILES string of the molecule is CCCNNC(=O)c1cnc(NC(C)=O)cn1. The van der Waals surface area contributed by atoms with Gasteiger partial charge < -0.3 is 5.32 Å². The molecule has 3 N–H and O–H groups in total. The van der Waals surface area contributed by atoms with Crippen LogP contribution in [0.25, 0.3) is 0 Å². The van der Waals surface area contributed by atoms with Crippen molar-refractivity contribution in [3.8, 4) is 0 Å². The summed E-state index contributed by atoms with van der Waals surface area (Å²) in [5.74, 6) is -0.281. The predicted octanol–water partition coefficient (Wildman–Crippen LogP) is 0.0794. The lowest BCUT2D eigenvalue weighted by molar-refractivity contribution is -0.114. The Morgan fingerprint density at radius 1 is 1.29 bits per heavy atom. The van der Waals surface area contributed by atoms with E-state index in [4.69, 9.17) is 0 Å². The van der Waals surface area contributed by atoms with Gasteiger partial charge >= 0.3 is 0 Å². The van der Waals surface area contributed by atoms with Gasteiger partial charge in [0.2, 0.25) is 5.91 Å². The molecule has 0 aromatic carbocycles. The molecule has 7 nitrogen and oxygen atoms in total. The first-order chi connectivity index (χ1) is 8.13. The van der Waals surface area contributed by atoms with Gasteiger partial charge in [0.05, 0.1) is 12.4 Å². The third-order valence-electron chi connectivity index (χ3n) is 1.77. The van der Waals surface area contributed by atoms with Crippen LogP contribution in [-0.2, 0) is 4.79 Å². The molecule has 0 aliphatic heterocycles. The summed E-state index contributed by atoms with van der Waals surface area (Å²) in [6.45, 7) is 4.04. The van der Waals surface area contributed by atoms with E-state index >= 15 is 0 Å². The molecule has 0 aliphatic rings. The number of hydrazine groups is 1. The van der Waals surface area contributed by atoms with Crippen molar-refractivity contribution in [3.05, 3.63) is 18.1 Å². The maximum atomic E-state index is 11.5. The molecule has 0 saturated carbocycles. The lowest BCUT2D eigenvalue weighted by Gasteiger charge is -2.05. The van der Waals surface area contributed by atoms with E-state index in [1.54, 1.807) is 0 Å². The molecule has 1 heterocycles. The fourth-order valence-electron chi connectivity index (χ4n) is 1.02. The minimum Gasteiger partial charge on any atom is -0.310 e. The highest BCUT2D eigenvalue weighted by molar-refractivity contribution is 5.92. The van der Waals surface area contributed by atoms with Crippen molar-refractivity contribution < 1.29 is 9.59 Å². The molecule has 0 aliphatic carbocycles. The molecule has 1 aromatic heterocycles. The number of carbonyl (C=O) groups is 2. The van der Waals surface area contributed by atoms with Crippen molar-refractivity contribution in [3.63, 3.8) is 0 Å². The molecule has 92 valence electrons. The highest BCUT2D eigenvalue weighted by Crippen LogP contribution is 2.00. The van der Waals surface area contributed by atoms with Gasteiger partial charge in [0, 0.05) is 13.5 Å². The molecular weight excluding hydrogens is 222 g/mol. The molecule has 17 heavy (non-hydrogen) atoms. The van der Waals surface area contributed by atoms with Crippen LogP contribution in [0.4, 0.5) is 5.82 Å². The smallest absolute Gasteiger partial charge is 0.285 e. The first kappa shape index (κ1) is 13.0. The molecule has 0 saturated heterocycles. The number of aromatic nitrogens is 2. The van der Waals surface area contributed by atoms with Crippen LogP contribution in [0.5, 0.6) is 0 Å². The van der Waals surface area contributed by atoms with E-state index in [0.717, 1.165) is 6.42 Å². The number of amides is 2. The van der Waals surface area contributed by atoms with Crippen LogP contribution in [0.1, 0.15) is 30.8 Å². The molecular formula is C10H15N5O2. The van der Waals surface area contributed by atoms with Gasteiger partial charge in [0.1, 0.15) is 5.69 Å². The van der Waals surface area contributed by atoms with Gasteiger partial charge in [-0.25, -0.2) is 15.4 Å². The van der Waals surface area contributed by atoms with Gasteiger partial charge in [0.25, 0.3) is 5.91 Å². The summed E-state index contributed by atoms with van der Waals surface area (Å²) in [5.41, 5.74) is 5.41. The summed E-state index contributed by atoms with van der Waals surface area (Å²) < 4.78 is 0. The number of rotatable bonds is 5. The minimum atomic E-state index is -0.361. The Morgan fingerprint density at radius 3 is 2.59 bits per heavy atom. The van der Waals surface area contributed by atoms with Crippen LogP contribution in [0.3, 0.4) is 0 Å². The van der Waals surface area contributed by atoms with Crippen LogP contribution in [0, 0.1) is 0 Å². The second kappa shape index (κ2) is 6.54. The largest absolute Gasteiger partial charge is 0.310 e. The number of nitrogens with zero attached hydrogens (tertiary/aromatic N) is 2. The average molecular weight is 237 g/mol. The van der Waals surface area contributed by atoms with Gasteiger partial charge in [-0.05, 0) is 6.42 Å². The summed E-state index contributed by atoms with van der Waals surface area (Å²) in [5, 5.41) is 2.46. The third kappa shape index (κ3) is 4.56. The summed E-state index contributed by atoms with van der Waals surface area (Å²) in [4.78, 5) is 30.0. The maximum absolute atomic E-state index is 11.5. The van der Waals surface area contributed by atoms with E-state index in [-0.39, 0.29) is 17.5 Å². The normalized spacial score (nSPS) is 9.76. The molecule has 0 atom stereocenters. The Labute approximate surface area is 99.0 Å². The van der Waals surface area contributed by atoms with Crippen molar-refractivity contribution in [2.45, 2.75) is 20.3 Å². The van der Waals surface area contributed by atoms with Crippen molar-refractivity contribution >= 4 is 17.6 Å². The van der Waals surface area contributed by atoms with Gasteiger partial charge in [-0.2, -0.15) is 0 Å². The first-order valence-corrected chi connectivity index (χ1v) is 5.26. The van der Waals surface area contributed by atoms with Crippen LogP contribution in [-0.4, -0.2) is 28.3 Å². The Morgan fingerprint density at radius 2 is 2.06 bits per heavy atom. The Kier molecular flexibility index (Phi) is 5.02. The number of hydrogen-bond donors (Lipinski definition) is 3. The van der Waals surface area contributed by atoms with Crippen molar-refractivity contribution in [2.75, 3.05) is 11.9 Å². The van der Waals surface area contributed by atoms with E-state index in [1.165, 1.54) is 19.3 Å². The first-order valence-electron chi connectivity index (χ1n) is 5.26. The fraction of sp³-hybridized carbons (Fsp3) is 0.400. The van der Waals surface area contributed by atoms with Crippen molar-refractivity contribution in [1.82, 2.24) is 20.8 Å². The topological polar surface area (TPSA) is 96.0 Å². The maximum Gasteiger partial charge on any atom is 0.285 e. The molecule has 0 spiro atoms. The summed E-state index contributed by atoms with van der Waals surface area (Å²) in [7, 11) is 0. The van der Waals surface area contributed by atoms with E-state index in [2.05, 4.69) is 26.1 Å². The molecule has 0 fully saturated rings.